The highest BCUT2D eigenvalue weighted by Crippen LogP contribution is 2.17. The van der Waals surface area contributed by atoms with Crippen LogP contribution in [0.15, 0.2) is 90.0 Å². The summed E-state index contributed by atoms with van der Waals surface area (Å²) in [5.74, 6) is -1.49. The quantitative estimate of drug-likeness (QED) is 0.188. The van der Waals surface area contributed by atoms with Crippen molar-refractivity contribution in [3.8, 4) is 11.4 Å². The summed E-state index contributed by atoms with van der Waals surface area (Å²) in [5.41, 5.74) is 6.74. The lowest BCUT2D eigenvalue weighted by Gasteiger charge is -2.10. The zero-order valence-electron chi connectivity index (χ0n) is 18.7. The number of aromatic nitrogens is 1. The lowest BCUT2D eigenvalue weighted by molar-refractivity contribution is 0.0729. The molecular weight excluding hydrogens is 433 g/mol. The normalized spacial score (nSPS) is 10.9. The van der Waals surface area contributed by atoms with Crippen LogP contribution in [0, 0.1) is 19.7 Å². The van der Waals surface area contributed by atoms with Crippen molar-refractivity contribution in [3.05, 3.63) is 119 Å². The number of carbonyl (C=O) groups excluding carboxylic acids is 2. The molecule has 0 fully saturated rings. The lowest BCUT2D eigenvalue weighted by Crippen LogP contribution is -2.17. The zero-order chi connectivity index (χ0) is 24.1. The Bertz CT molecular complexity index is 1340. The van der Waals surface area contributed by atoms with Gasteiger partial charge in [-0.25, -0.2) is 14.6 Å². The van der Waals surface area contributed by atoms with Gasteiger partial charge in [-0.1, -0.05) is 12.1 Å². The molecule has 0 aliphatic carbocycles. The smallest absolute Gasteiger partial charge is 0.346 e. The molecule has 0 spiro atoms. The summed E-state index contributed by atoms with van der Waals surface area (Å²) in [7, 11) is 0. The minimum atomic E-state index is -0.778. The van der Waals surface area contributed by atoms with Gasteiger partial charge in [0.2, 0.25) is 0 Å². The van der Waals surface area contributed by atoms with Crippen molar-refractivity contribution in [2.75, 3.05) is 0 Å². The molecule has 0 atom stereocenters. The Morgan fingerprint density at radius 2 is 1.53 bits per heavy atom. The van der Waals surface area contributed by atoms with Crippen LogP contribution in [0.5, 0.6) is 5.75 Å². The average Bonchev–Trinajstić information content (AvgIpc) is 3.18. The molecule has 1 amide bonds. The lowest BCUT2D eigenvalue weighted by atomic mass is 10.2. The maximum absolute atomic E-state index is 13.7. The van der Waals surface area contributed by atoms with Gasteiger partial charge in [0.25, 0.3) is 5.91 Å². The molecule has 0 bridgehead atoms. The van der Waals surface area contributed by atoms with E-state index in [0.717, 1.165) is 17.1 Å². The second-order valence-electron chi connectivity index (χ2n) is 7.64. The third-order valence-electron chi connectivity index (χ3n) is 5.22. The number of halogens is 1. The molecule has 1 heterocycles. The zero-order valence-corrected chi connectivity index (χ0v) is 18.7. The van der Waals surface area contributed by atoms with Crippen LogP contribution in [0.3, 0.4) is 0 Å². The first-order valence-corrected chi connectivity index (χ1v) is 10.6. The van der Waals surface area contributed by atoms with Crippen molar-refractivity contribution >= 4 is 18.1 Å². The fraction of sp³-hybridized carbons (Fsp3) is 0.0741. The van der Waals surface area contributed by atoms with E-state index in [2.05, 4.69) is 15.1 Å². The van der Waals surface area contributed by atoms with E-state index in [-0.39, 0.29) is 17.2 Å². The predicted molar refractivity (Wildman–Crippen MR) is 128 cm³/mol. The van der Waals surface area contributed by atoms with E-state index in [4.69, 9.17) is 4.74 Å². The summed E-state index contributed by atoms with van der Waals surface area (Å²) in [6.45, 7) is 4.06. The largest absolute Gasteiger partial charge is 0.423 e. The van der Waals surface area contributed by atoms with Crippen LogP contribution in [0.4, 0.5) is 4.39 Å². The van der Waals surface area contributed by atoms with Crippen LogP contribution in [0.1, 0.15) is 37.7 Å². The molecule has 0 aliphatic rings. The van der Waals surface area contributed by atoms with Crippen LogP contribution < -0.4 is 10.2 Å². The van der Waals surface area contributed by atoms with Crippen LogP contribution in [-0.2, 0) is 0 Å². The molecule has 0 saturated carbocycles. The van der Waals surface area contributed by atoms with Crippen molar-refractivity contribution in [2.45, 2.75) is 13.8 Å². The Kier molecular flexibility index (Phi) is 6.64. The summed E-state index contributed by atoms with van der Waals surface area (Å²) in [5, 5.41) is 3.98. The maximum atomic E-state index is 13.7. The van der Waals surface area contributed by atoms with Gasteiger partial charge in [0.15, 0.2) is 0 Å². The van der Waals surface area contributed by atoms with E-state index in [0.29, 0.717) is 11.1 Å². The summed E-state index contributed by atoms with van der Waals surface area (Å²) in [6.07, 6.45) is 1.47. The van der Waals surface area contributed by atoms with Crippen LogP contribution in [0.25, 0.3) is 5.69 Å². The molecule has 4 aromatic rings. The minimum absolute atomic E-state index is 0.137. The summed E-state index contributed by atoms with van der Waals surface area (Å²) < 4.78 is 21.0. The van der Waals surface area contributed by atoms with Gasteiger partial charge in [0, 0.05) is 22.6 Å². The molecule has 4 rings (SSSR count). The maximum Gasteiger partial charge on any atom is 0.346 e. The molecule has 3 aromatic carbocycles. The van der Waals surface area contributed by atoms with Gasteiger partial charge in [-0.3, -0.25) is 4.79 Å². The molecule has 7 heteroatoms. The van der Waals surface area contributed by atoms with E-state index in [9.17, 15) is 14.0 Å². The second-order valence-corrected chi connectivity index (χ2v) is 7.64. The van der Waals surface area contributed by atoms with Crippen molar-refractivity contribution in [2.24, 2.45) is 5.10 Å². The standard InChI is InChI=1S/C27H22FN3O3/c1-18-7-8-19(2)31(18)22-13-11-21(12-14-22)26(32)30-29-17-20-9-15-23(16-10-20)34-27(33)24-5-3-4-6-25(24)28/h3-17H,1-2H3,(H,30,32)/b29-17+. The molecule has 1 N–H and O–H groups in total. The molecular formula is C27H22FN3O3. The fourth-order valence-corrected chi connectivity index (χ4v) is 3.48. The first-order valence-electron chi connectivity index (χ1n) is 10.6. The van der Waals surface area contributed by atoms with E-state index < -0.39 is 11.8 Å². The Balaban J connectivity index is 1.34. The van der Waals surface area contributed by atoms with E-state index in [1.165, 1.54) is 24.4 Å². The highest BCUT2D eigenvalue weighted by molar-refractivity contribution is 5.95. The second kappa shape index (κ2) is 9.95. The van der Waals surface area contributed by atoms with Crippen LogP contribution in [0.2, 0.25) is 0 Å². The first-order chi connectivity index (χ1) is 16.4. The molecule has 170 valence electrons. The third-order valence-corrected chi connectivity index (χ3v) is 5.22. The Labute approximate surface area is 196 Å². The molecule has 1 aromatic heterocycles. The molecule has 6 nitrogen and oxygen atoms in total. The van der Waals surface area contributed by atoms with E-state index in [1.54, 1.807) is 42.5 Å². The van der Waals surface area contributed by atoms with Crippen molar-refractivity contribution in [3.63, 3.8) is 0 Å². The topological polar surface area (TPSA) is 72.7 Å². The predicted octanol–water partition coefficient (Wildman–Crippen LogP) is 5.22. The minimum Gasteiger partial charge on any atom is -0.423 e. The van der Waals surface area contributed by atoms with Crippen molar-refractivity contribution in [1.29, 1.82) is 0 Å². The van der Waals surface area contributed by atoms with Gasteiger partial charge in [-0.2, -0.15) is 5.10 Å². The highest BCUT2D eigenvalue weighted by Gasteiger charge is 2.13. The summed E-state index contributed by atoms with van der Waals surface area (Å²) >= 11 is 0. The third kappa shape index (κ3) is 5.10. The number of hydrogen-bond acceptors (Lipinski definition) is 4. The van der Waals surface area contributed by atoms with Crippen LogP contribution in [-0.4, -0.2) is 22.7 Å². The molecule has 0 saturated heterocycles. The highest BCUT2D eigenvalue weighted by atomic mass is 19.1. The Morgan fingerprint density at radius 1 is 0.882 bits per heavy atom. The number of hydrogen-bond donors (Lipinski definition) is 1. The molecule has 34 heavy (non-hydrogen) atoms. The van der Waals surface area contributed by atoms with Gasteiger partial charge in [-0.05, 0) is 92.2 Å². The number of benzene rings is 3. The number of nitrogens with one attached hydrogen (secondary N) is 1. The average molecular weight is 455 g/mol. The van der Waals surface area contributed by atoms with Gasteiger partial charge >= 0.3 is 5.97 Å². The fourth-order valence-electron chi connectivity index (χ4n) is 3.48. The summed E-state index contributed by atoms with van der Waals surface area (Å²) in [4.78, 5) is 24.5. The van der Waals surface area contributed by atoms with Crippen molar-refractivity contribution < 1.29 is 18.7 Å². The number of esters is 1. The summed E-state index contributed by atoms with van der Waals surface area (Å²) in [6, 6.07) is 23.4. The number of amides is 1. The van der Waals surface area contributed by atoms with Gasteiger partial charge < -0.3 is 9.30 Å². The number of aryl methyl sites for hydroxylation is 2. The SMILES string of the molecule is Cc1ccc(C)n1-c1ccc(C(=O)N/N=C/c2ccc(OC(=O)c3ccccc3F)cc2)cc1. The van der Waals surface area contributed by atoms with Crippen LogP contribution >= 0.6 is 0 Å². The van der Waals surface area contributed by atoms with Crippen molar-refractivity contribution in [1.82, 2.24) is 9.99 Å². The Morgan fingerprint density at radius 3 is 2.18 bits per heavy atom. The van der Waals surface area contributed by atoms with Gasteiger partial charge in [0.1, 0.15) is 11.6 Å². The number of rotatable bonds is 6. The molecule has 0 unspecified atom stereocenters. The van der Waals surface area contributed by atoms with E-state index >= 15 is 0 Å². The number of ether oxygens (including phenoxy) is 1. The monoisotopic (exact) mass is 455 g/mol. The Hall–Kier alpha value is -4.52. The number of hydrazone groups is 1. The number of carbonyl (C=O) groups is 2. The number of nitrogens with zero attached hydrogens (tertiary/aromatic N) is 2. The molecule has 0 aliphatic heterocycles. The van der Waals surface area contributed by atoms with Gasteiger partial charge in [0.05, 0.1) is 11.8 Å². The van der Waals surface area contributed by atoms with E-state index in [1.807, 2.05) is 38.1 Å². The molecule has 0 radical (unpaired) electrons. The first kappa shape index (κ1) is 22.7. The van der Waals surface area contributed by atoms with Gasteiger partial charge in [-0.15, -0.1) is 0 Å².